The molecule has 0 spiro atoms. The van der Waals surface area contributed by atoms with Gasteiger partial charge < -0.3 is 4.74 Å². The molecule has 2 rings (SSSR count). The SMILES string of the molecule is COc1nccnc1C(=O)c1ccc(C(C)C)cc1. The van der Waals surface area contributed by atoms with Gasteiger partial charge in [0.05, 0.1) is 7.11 Å². The summed E-state index contributed by atoms with van der Waals surface area (Å²) in [7, 11) is 1.47. The first-order chi connectivity index (χ1) is 9.13. The molecule has 2 aromatic rings. The molecule has 4 heteroatoms. The predicted octanol–water partition coefficient (Wildman–Crippen LogP) is 2.84. The molecule has 19 heavy (non-hydrogen) atoms. The smallest absolute Gasteiger partial charge is 0.243 e. The average molecular weight is 256 g/mol. The molecule has 0 radical (unpaired) electrons. The molecule has 1 aromatic carbocycles. The molecule has 98 valence electrons. The van der Waals surface area contributed by atoms with Crippen LogP contribution in [-0.2, 0) is 0 Å². The number of nitrogens with zero attached hydrogens (tertiary/aromatic N) is 2. The Balaban J connectivity index is 2.33. The van der Waals surface area contributed by atoms with Crippen LogP contribution in [0.5, 0.6) is 5.88 Å². The van der Waals surface area contributed by atoms with Gasteiger partial charge in [0.25, 0.3) is 0 Å². The summed E-state index contributed by atoms with van der Waals surface area (Å²) in [5.74, 6) is 0.510. The van der Waals surface area contributed by atoms with E-state index in [0.717, 1.165) is 0 Å². The highest BCUT2D eigenvalue weighted by molar-refractivity contribution is 6.09. The Labute approximate surface area is 112 Å². The van der Waals surface area contributed by atoms with Crippen LogP contribution in [0.3, 0.4) is 0 Å². The average Bonchev–Trinajstić information content (AvgIpc) is 2.46. The van der Waals surface area contributed by atoms with Crippen molar-refractivity contribution in [1.82, 2.24) is 9.97 Å². The van der Waals surface area contributed by atoms with Crippen LogP contribution < -0.4 is 4.74 Å². The van der Waals surface area contributed by atoms with E-state index in [2.05, 4.69) is 23.8 Å². The Hall–Kier alpha value is -2.23. The van der Waals surface area contributed by atoms with Gasteiger partial charge in [-0.05, 0) is 11.5 Å². The maximum absolute atomic E-state index is 12.3. The maximum Gasteiger partial charge on any atom is 0.243 e. The van der Waals surface area contributed by atoms with Gasteiger partial charge in [-0.1, -0.05) is 38.1 Å². The second kappa shape index (κ2) is 5.61. The number of ether oxygens (including phenoxy) is 1. The van der Waals surface area contributed by atoms with Crippen molar-refractivity contribution in [3.05, 3.63) is 53.5 Å². The van der Waals surface area contributed by atoms with Crippen molar-refractivity contribution in [2.75, 3.05) is 7.11 Å². The normalized spacial score (nSPS) is 10.5. The first-order valence-electron chi connectivity index (χ1n) is 6.13. The van der Waals surface area contributed by atoms with E-state index in [0.29, 0.717) is 11.5 Å². The van der Waals surface area contributed by atoms with E-state index in [4.69, 9.17) is 4.74 Å². The number of hydrogen-bond acceptors (Lipinski definition) is 4. The van der Waals surface area contributed by atoms with Crippen LogP contribution in [0.2, 0.25) is 0 Å². The molecule has 0 bridgehead atoms. The quantitative estimate of drug-likeness (QED) is 0.789. The minimum absolute atomic E-state index is 0.180. The van der Waals surface area contributed by atoms with Crippen LogP contribution in [0.25, 0.3) is 0 Å². The van der Waals surface area contributed by atoms with Crippen LogP contribution >= 0.6 is 0 Å². The monoisotopic (exact) mass is 256 g/mol. The molecule has 0 saturated carbocycles. The number of carbonyl (C=O) groups is 1. The zero-order valence-electron chi connectivity index (χ0n) is 11.3. The molecular weight excluding hydrogens is 240 g/mol. The topological polar surface area (TPSA) is 52.1 Å². The summed E-state index contributed by atoms with van der Waals surface area (Å²) < 4.78 is 5.06. The molecule has 0 aliphatic heterocycles. The Morgan fingerprint density at radius 1 is 1.11 bits per heavy atom. The fraction of sp³-hybridized carbons (Fsp3) is 0.267. The molecule has 0 fully saturated rings. The lowest BCUT2D eigenvalue weighted by atomic mass is 10.00. The number of benzene rings is 1. The van der Waals surface area contributed by atoms with Gasteiger partial charge in [-0.15, -0.1) is 0 Å². The molecule has 0 unspecified atom stereocenters. The molecule has 4 nitrogen and oxygen atoms in total. The Morgan fingerprint density at radius 3 is 2.32 bits per heavy atom. The van der Waals surface area contributed by atoms with Crippen molar-refractivity contribution < 1.29 is 9.53 Å². The van der Waals surface area contributed by atoms with Crippen molar-refractivity contribution >= 4 is 5.78 Å². The lowest BCUT2D eigenvalue weighted by Gasteiger charge is -2.07. The molecule has 0 N–H and O–H groups in total. The second-order valence-electron chi connectivity index (χ2n) is 4.52. The zero-order chi connectivity index (χ0) is 13.8. The van der Waals surface area contributed by atoms with E-state index in [-0.39, 0.29) is 17.4 Å². The van der Waals surface area contributed by atoms with Gasteiger partial charge in [-0.25, -0.2) is 9.97 Å². The van der Waals surface area contributed by atoms with Crippen molar-refractivity contribution in [1.29, 1.82) is 0 Å². The number of rotatable bonds is 4. The highest BCUT2D eigenvalue weighted by atomic mass is 16.5. The van der Waals surface area contributed by atoms with E-state index in [1.165, 1.54) is 25.1 Å². The summed E-state index contributed by atoms with van der Waals surface area (Å²) in [6.07, 6.45) is 2.98. The fourth-order valence-electron chi connectivity index (χ4n) is 1.79. The molecule has 0 aliphatic carbocycles. The molecule has 0 saturated heterocycles. The van der Waals surface area contributed by atoms with Crippen molar-refractivity contribution in [2.24, 2.45) is 0 Å². The Kier molecular flexibility index (Phi) is 3.90. The van der Waals surface area contributed by atoms with Gasteiger partial charge in [0, 0.05) is 18.0 Å². The highest BCUT2D eigenvalue weighted by Gasteiger charge is 2.16. The van der Waals surface area contributed by atoms with Gasteiger partial charge in [-0.2, -0.15) is 0 Å². The zero-order valence-corrected chi connectivity index (χ0v) is 11.3. The van der Waals surface area contributed by atoms with Crippen LogP contribution in [-0.4, -0.2) is 22.9 Å². The summed E-state index contributed by atoms with van der Waals surface area (Å²) in [6, 6.07) is 7.54. The van der Waals surface area contributed by atoms with E-state index in [9.17, 15) is 4.79 Å². The summed E-state index contributed by atoms with van der Waals surface area (Å²) in [5.41, 5.74) is 2.02. The van der Waals surface area contributed by atoms with Gasteiger partial charge in [0.1, 0.15) is 0 Å². The van der Waals surface area contributed by atoms with Gasteiger partial charge in [-0.3, -0.25) is 4.79 Å². The number of aromatic nitrogens is 2. The fourth-order valence-corrected chi connectivity index (χ4v) is 1.79. The Bertz CT molecular complexity index is 577. The third kappa shape index (κ3) is 2.78. The molecule has 0 amide bonds. The first-order valence-corrected chi connectivity index (χ1v) is 6.13. The minimum atomic E-state index is -0.180. The van der Waals surface area contributed by atoms with E-state index in [1.54, 1.807) is 0 Å². The number of ketones is 1. The standard InChI is InChI=1S/C15H16N2O2/c1-10(2)11-4-6-12(7-5-11)14(18)13-15(19-3)17-9-8-16-13/h4-10H,1-3H3. The van der Waals surface area contributed by atoms with Crippen molar-refractivity contribution in [3.8, 4) is 5.88 Å². The van der Waals surface area contributed by atoms with Gasteiger partial charge in [0.15, 0.2) is 5.69 Å². The summed E-state index contributed by atoms with van der Waals surface area (Å²) in [6.45, 7) is 4.23. The molecule has 0 atom stereocenters. The van der Waals surface area contributed by atoms with Crippen LogP contribution in [0.1, 0.15) is 41.4 Å². The molecular formula is C15H16N2O2. The lowest BCUT2D eigenvalue weighted by Crippen LogP contribution is -2.07. The van der Waals surface area contributed by atoms with Gasteiger partial charge >= 0.3 is 0 Å². The van der Waals surface area contributed by atoms with E-state index < -0.39 is 0 Å². The summed E-state index contributed by atoms with van der Waals surface area (Å²) in [4.78, 5) is 20.4. The number of methoxy groups -OCH3 is 1. The molecule has 1 heterocycles. The van der Waals surface area contributed by atoms with Crippen molar-refractivity contribution in [3.63, 3.8) is 0 Å². The number of carbonyl (C=O) groups excluding carboxylic acids is 1. The third-order valence-corrected chi connectivity index (χ3v) is 2.91. The first kappa shape index (κ1) is 13.2. The van der Waals surface area contributed by atoms with Crippen molar-refractivity contribution in [2.45, 2.75) is 19.8 Å². The van der Waals surface area contributed by atoms with Crippen LogP contribution in [0, 0.1) is 0 Å². The van der Waals surface area contributed by atoms with E-state index in [1.807, 2.05) is 24.3 Å². The summed E-state index contributed by atoms with van der Waals surface area (Å²) >= 11 is 0. The van der Waals surface area contributed by atoms with Gasteiger partial charge in [0.2, 0.25) is 11.7 Å². The maximum atomic E-state index is 12.3. The summed E-state index contributed by atoms with van der Waals surface area (Å²) in [5, 5.41) is 0. The van der Waals surface area contributed by atoms with E-state index >= 15 is 0 Å². The van der Waals surface area contributed by atoms with Crippen LogP contribution in [0.15, 0.2) is 36.7 Å². The molecule has 1 aromatic heterocycles. The third-order valence-electron chi connectivity index (χ3n) is 2.91. The minimum Gasteiger partial charge on any atom is -0.479 e. The lowest BCUT2D eigenvalue weighted by molar-refractivity contribution is 0.103. The van der Waals surface area contributed by atoms with Crippen LogP contribution in [0.4, 0.5) is 0 Å². The largest absolute Gasteiger partial charge is 0.479 e. The highest BCUT2D eigenvalue weighted by Crippen LogP contribution is 2.19. The predicted molar refractivity (Wildman–Crippen MR) is 72.5 cm³/mol. The Morgan fingerprint density at radius 2 is 1.74 bits per heavy atom. The number of hydrogen-bond donors (Lipinski definition) is 0. The molecule has 0 aliphatic rings. The second-order valence-corrected chi connectivity index (χ2v) is 4.52.